The molecule has 0 radical (unpaired) electrons. The molecule has 1 N–H and O–H groups in total. The summed E-state index contributed by atoms with van der Waals surface area (Å²) in [5.74, 6) is 0.940. The number of carbonyl (C=O) groups excluding carboxylic acids is 1. The molecular weight excluding hydrogens is 280 g/mol. The Kier molecular flexibility index (Phi) is 4.32. The van der Waals surface area contributed by atoms with Crippen molar-refractivity contribution in [2.24, 2.45) is 0 Å². The van der Waals surface area contributed by atoms with Crippen LogP contribution in [-0.2, 0) is 4.79 Å². The molecule has 116 valence electrons. The molecule has 7 nitrogen and oxygen atoms in total. The van der Waals surface area contributed by atoms with E-state index in [0.717, 1.165) is 31.7 Å². The summed E-state index contributed by atoms with van der Waals surface area (Å²) in [5, 5.41) is 11.3. The molecule has 1 amide bonds. The van der Waals surface area contributed by atoms with Crippen LogP contribution in [0.5, 0.6) is 0 Å². The van der Waals surface area contributed by atoms with Crippen molar-refractivity contribution in [1.82, 2.24) is 24.6 Å². The number of anilines is 1. The van der Waals surface area contributed by atoms with E-state index >= 15 is 0 Å². The lowest BCUT2D eigenvalue weighted by molar-refractivity contribution is -0.135. The maximum Gasteiger partial charge on any atom is 0.245 e. The van der Waals surface area contributed by atoms with Crippen LogP contribution in [0.2, 0.25) is 0 Å². The molecule has 1 aliphatic rings. The molecule has 22 heavy (non-hydrogen) atoms. The van der Waals surface area contributed by atoms with Crippen molar-refractivity contribution >= 4 is 11.7 Å². The quantitative estimate of drug-likeness (QED) is 0.922. The number of amides is 1. The second kappa shape index (κ2) is 6.55. The van der Waals surface area contributed by atoms with Crippen LogP contribution >= 0.6 is 0 Å². The topological polar surface area (TPSA) is 75.9 Å². The van der Waals surface area contributed by atoms with Crippen LogP contribution in [0.15, 0.2) is 37.1 Å². The first-order chi connectivity index (χ1) is 10.7. The van der Waals surface area contributed by atoms with Crippen molar-refractivity contribution in [1.29, 1.82) is 0 Å². The van der Waals surface area contributed by atoms with Crippen LogP contribution in [0.4, 0.5) is 5.82 Å². The summed E-state index contributed by atoms with van der Waals surface area (Å²) in [6.07, 6.45) is 8.69. The number of aromatic nitrogens is 4. The first-order valence-electron chi connectivity index (χ1n) is 7.54. The van der Waals surface area contributed by atoms with Gasteiger partial charge in [0.1, 0.15) is 11.9 Å². The average Bonchev–Trinajstić information content (AvgIpc) is 3.10. The van der Waals surface area contributed by atoms with E-state index in [-0.39, 0.29) is 11.9 Å². The van der Waals surface area contributed by atoms with Crippen LogP contribution in [0.1, 0.15) is 25.8 Å². The van der Waals surface area contributed by atoms with Gasteiger partial charge in [0.2, 0.25) is 5.91 Å². The van der Waals surface area contributed by atoms with Gasteiger partial charge in [0.15, 0.2) is 0 Å². The summed E-state index contributed by atoms with van der Waals surface area (Å²) in [7, 11) is 0. The van der Waals surface area contributed by atoms with Crippen LogP contribution in [0.25, 0.3) is 0 Å². The Morgan fingerprint density at radius 1 is 1.36 bits per heavy atom. The van der Waals surface area contributed by atoms with Gasteiger partial charge < -0.3 is 14.8 Å². The standard InChI is InChI=1S/C15H20N6O/c1-12(21-10-7-16-11-21)15(22)20-8-4-13(5-9-20)18-14-3-2-6-17-19-14/h2-3,6-7,10-13H,4-5,8-9H2,1H3,(H,18,19). The molecule has 3 heterocycles. The van der Waals surface area contributed by atoms with Crippen LogP contribution in [-0.4, -0.2) is 49.7 Å². The molecule has 0 bridgehead atoms. The molecule has 2 aromatic rings. The normalized spacial score (nSPS) is 17.2. The fraction of sp³-hybridized carbons (Fsp3) is 0.467. The number of likely N-dealkylation sites (tertiary alicyclic amines) is 1. The maximum absolute atomic E-state index is 12.5. The van der Waals surface area contributed by atoms with Crippen molar-refractivity contribution in [2.75, 3.05) is 18.4 Å². The van der Waals surface area contributed by atoms with E-state index in [1.807, 2.05) is 34.7 Å². The highest BCUT2D eigenvalue weighted by atomic mass is 16.2. The second-order valence-electron chi connectivity index (χ2n) is 5.54. The predicted octanol–water partition coefficient (Wildman–Crippen LogP) is 1.34. The Balaban J connectivity index is 1.52. The van der Waals surface area contributed by atoms with Crippen molar-refractivity contribution in [3.05, 3.63) is 37.1 Å². The zero-order valence-corrected chi connectivity index (χ0v) is 12.6. The van der Waals surface area contributed by atoms with Crippen molar-refractivity contribution in [3.8, 4) is 0 Å². The van der Waals surface area contributed by atoms with Gasteiger partial charge in [-0.1, -0.05) is 0 Å². The number of nitrogens with one attached hydrogen (secondary N) is 1. The maximum atomic E-state index is 12.5. The fourth-order valence-corrected chi connectivity index (χ4v) is 2.72. The number of carbonyl (C=O) groups is 1. The lowest BCUT2D eigenvalue weighted by atomic mass is 10.0. The monoisotopic (exact) mass is 300 g/mol. The van der Waals surface area contributed by atoms with Gasteiger partial charge >= 0.3 is 0 Å². The summed E-state index contributed by atoms with van der Waals surface area (Å²) in [6.45, 7) is 3.43. The molecule has 1 fully saturated rings. The summed E-state index contributed by atoms with van der Waals surface area (Å²) < 4.78 is 1.84. The number of hydrogen-bond acceptors (Lipinski definition) is 5. The summed E-state index contributed by atoms with van der Waals surface area (Å²) in [5.41, 5.74) is 0. The van der Waals surface area contributed by atoms with Crippen molar-refractivity contribution in [3.63, 3.8) is 0 Å². The Morgan fingerprint density at radius 2 is 2.18 bits per heavy atom. The third kappa shape index (κ3) is 3.24. The number of nitrogens with zero attached hydrogens (tertiary/aromatic N) is 5. The highest BCUT2D eigenvalue weighted by Crippen LogP contribution is 2.18. The first-order valence-corrected chi connectivity index (χ1v) is 7.54. The molecule has 1 atom stereocenters. The molecule has 1 saturated heterocycles. The molecule has 2 aromatic heterocycles. The van der Waals surface area contributed by atoms with Gasteiger partial charge in [-0.3, -0.25) is 4.79 Å². The van der Waals surface area contributed by atoms with E-state index < -0.39 is 0 Å². The molecule has 0 aliphatic carbocycles. The highest BCUT2D eigenvalue weighted by molar-refractivity contribution is 5.80. The third-order valence-electron chi connectivity index (χ3n) is 4.06. The van der Waals surface area contributed by atoms with E-state index in [0.29, 0.717) is 6.04 Å². The highest BCUT2D eigenvalue weighted by Gasteiger charge is 2.26. The molecule has 7 heteroatoms. The predicted molar refractivity (Wildman–Crippen MR) is 82.2 cm³/mol. The molecule has 0 saturated carbocycles. The molecule has 0 spiro atoms. The number of imidazole rings is 1. The smallest absolute Gasteiger partial charge is 0.245 e. The second-order valence-corrected chi connectivity index (χ2v) is 5.54. The van der Waals surface area contributed by atoms with Crippen LogP contribution in [0, 0.1) is 0 Å². The molecular formula is C15H20N6O. The Labute approximate surface area is 129 Å². The largest absolute Gasteiger partial charge is 0.366 e. The molecule has 1 aliphatic heterocycles. The van der Waals surface area contributed by atoms with Gasteiger partial charge in [-0.15, -0.1) is 5.10 Å². The van der Waals surface area contributed by atoms with E-state index in [1.54, 1.807) is 18.7 Å². The Morgan fingerprint density at radius 3 is 2.82 bits per heavy atom. The third-order valence-corrected chi connectivity index (χ3v) is 4.06. The number of hydrogen-bond donors (Lipinski definition) is 1. The van der Waals surface area contributed by atoms with Gasteiger partial charge in [0.25, 0.3) is 0 Å². The van der Waals surface area contributed by atoms with Gasteiger partial charge in [-0.25, -0.2) is 4.98 Å². The Bertz CT molecular complexity index is 592. The number of rotatable bonds is 4. The van der Waals surface area contributed by atoms with Gasteiger partial charge in [0, 0.05) is 37.7 Å². The van der Waals surface area contributed by atoms with Gasteiger partial charge in [-0.05, 0) is 31.9 Å². The Hall–Kier alpha value is -2.44. The minimum atomic E-state index is -0.202. The lowest BCUT2D eigenvalue weighted by Crippen LogP contribution is -2.44. The summed E-state index contributed by atoms with van der Waals surface area (Å²) >= 11 is 0. The van der Waals surface area contributed by atoms with Gasteiger partial charge in [0.05, 0.1) is 6.33 Å². The lowest BCUT2D eigenvalue weighted by Gasteiger charge is -2.34. The van der Waals surface area contributed by atoms with Crippen LogP contribution in [0.3, 0.4) is 0 Å². The molecule has 1 unspecified atom stereocenters. The van der Waals surface area contributed by atoms with Crippen molar-refractivity contribution in [2.45, 2.75) is 31.8 Å². The van der Waals surface area contributed by atoms with Gasteiger partial charge in [-0.2, -0.15) is 5.10 Å². The minimum Gasteiger partial charge on any atom is -0.366 e. The molecule has 0 aromatic carbocycles. The first kappa shape index (κ1) is 14.5. The minimum absolute atomic E-state index is 0.149. The van der Waals surface area contributed by atoms with E-state index in [2.05, 4.69) is 20.5 Å². The SMILES string of the molecule is CC(C(=O)N1CCC(Nc2cccnn2)CC1)n1ccnc1. The van der Waals surface area contributed by atoms with E-state index in [4.69, 9.17) is 0 Å². The fourth-order valence-electron chi connectivity index (χ4n) is 2.72. The van der Waals surface area contributed by atoms with E-state index in [1.165, 1.54) is 0 Å². The van der Waals surface area contributed by atoms with Crippen LogP contribution < -0.4 is 5.32 Å². The summed E-state index contributed by atoms with van der Waals surface area (Å²) in [6, 6.07) is 3.91. The zero-order chi connectivity index (χ0) is 15.4. The average molecular weight is 300 g/mol. The number of piperidine rings is 1. The summed E-state index contributed by atoms with van der Waals surface area (Å²) in [4.78, 5) is 18.4. The zero-order valence-electron chi connectivity index (χ0n) is 12.6. The van der Waals surface area contributed by atoms with E-state index in [9.17, 15) is 4.79 Å². The van der Waals surface area contributed by atoms with Crippen molar-refractivity contribution < 1.29 is 4.79 Å². The molecule has 3 rings (SSSR count).